The third-order valence-electron chi connectivity index (χ3n) is 7.97. The molecule has 2 bridgehead atoms. The Morgan fingerprint density at radius 1 is 1.09 bits per heavy atom. The van der Waals surface area contributed by atoms with Gasteiger partial charge in [-0.3, -0.25) is 4.79 Å². The molecule has 0 radical (unpaired) electrons. The number of ketones is 1. The van der Waals surface area contributed by atoms with Crippen LogP contribution in [0.5, 0.6) is 5.75 Å². The van der Waals surface area contributed by atoms with Gasteiger partial charge in [0.15, 0.2) is 4.90 Å². The summed E-state index contributed by atoms with van der Waals surface area (Å²) in [5, 5.41) is 2.64. The highest BCUT2D eigenvalue weighted by molar-refractivity contribution is 7.97. The van der Waals surface area contributed by atoms with E-state index in [4.69, 9.17) is 4.74 Å². The third-order valence-corrected chi connectivity index (χ3v) is 11.4. The second-order valence-corrected chi connectivity index (χ2v) is 13.4. The van der Waals surface area contributed by atoms with Gasteiger partial charge in [0.1, 0.15) is 23.0 Å². The van der Waals surface area contributed by atoms with Crippen molar-refractivity contribution in [2.45, 2.75) is 50.8 Å². The van der Waals surface area contributed by atoms with Crippen molar-refractivity contribution in [3.05, 3.63) is 36.4 Å². The van der Waals surface area contributed by atoms with Gasteiger partial charge in [-0.25, -0.2) is 8.42 Å². The molecule has 5 rings (SSSR count). The van der Waals surface area contributed by atoms with Crippen LogP contribution in [0.25, 0.3) is 10.8 Å². The summed E-state index contributed by atoms with van der Waals surface area (Å²) in [6, 6.07) is 13.0. The van der Waals surface area contributed by atoms with Gasteiger partial charge in [0.2, 0.25) is 0 Å². The summed E-state index contributed by atoms with van der Waals surface area (Å²) in [4.78, 5) is 13.4. The van der Waals surface area contributed by atoms with Gasteiger partial charge in [0.25, 0.3) is 0 Å². The molecular formula is C25H32O5S2. The van der Waals surface area contributed by atoms with E-state index in [-0.39, 0.29) is 17.1 Å². The molecule has 0 N–H and O–H groups in total. The summed E-state index contributed by atoms with van der Waals surface area (Å²) in [6.07, 6.45) is 4.66. The smallest absolute Gasteiger partial charge is 0.162 e. The van der Waals surface area contributed by atoms with Gasteiger partial charge in [0.05, 0.1) is 23.0 Å². The fraction of sp³-hybridized carbons (Fsp3) is 0.560. The molecule has 1 saturated heterocycles. The number of fused-ring (bicyclic) bond motifs is 3. The van der Waals surface area contributed by atoms with Crippen LogP contribution in [0.1, 0.15) is 46.0 Å². The van der Waals surface area contributed by atoms with Crippen molar-refractivity contribution < 1.29 is 22.5 Å². The number of hydrogen-bond donors (Lipinski definition) is 0. The van der Waals surface area contributed by atoms with E-state index in [2.05, 4.69) is 36.4 Å². The zero-order valence-electron chi connectivity index (χ0n) is 19.1. The molecule has 1 aliphatic heterocycles. The highest BCUT2D eigenvalue weighted by atomic mass is 32.2. The normalized spacial score (nSPS) is 26.9. The highest BCUT2D eigenvalue weighted by Crippen LogP contribution is 2.64. The number of methoxy groups -OCH3 is 1. The molecule has 32 heavy (non-hydrogen) atoms. The second kappa shape index (κ2) is 8.65. The summed E-state index contributed by atoms with van der Waals surface area (Å²) >= 11 is 0. The van der Waals surface area contributed by atoms with Crippen molar-refractivity contribution in [2.24, 2.45) is 16.7 Å². The molecule has 174 valence electrons. The van der Waals surface area contributed by atoms with E-state index in [9.17, 15) is 17.8 Å². The van der Waals surface area contributed by atoms with E-state index in [1.165, 1.54) is 35.1 Å². The zero-order valence-corrected chi connectivity index (χ0v) is 20.7. The minimum atomic E-state index is -4.33. The van der Waals surface area contributed by atoms with Crippen molar-refractivity contribution in [2.75, 3.05) is 24.4 Å². The molecule has 2 aliphatic carbocycles. The van der Waals surface area contributed by atoms with Crippen LogP contribution < -0.4 is 4.74 Å². The number of carbonyl (C=O) groups is 1. The van der Waals surface area contributed by atoms with Crippen molar-refractivity contribution in [3.8, 4) is 5.75 Å². The lowest BCUT2D eigenvalue weighted by atomic mass is 9.70. The maximum atomic E-state index is 11.8. The van der Waals surface area contributed by atoms with Crippen LogP contribution >= 0.6 is 0 Å². The first-order valence-corrected chi connectivity index (χ1v) is 14.4. The Labute approximate surface area is 194 Å². The van der Waals surface area contributed by atoms with Crippen LogP contribution in [0.3, 0.4) is 0 Å². The van der Waals surface area contributed by atoms with Crippen LogP contribution in [0.2, 0.25) is 0 Å². The average Bonchev–Trinajstić information content (AvgIpc) is 3.39. The van der Waals surface area contributed by atoms with Gasteiger partial charge >= 0.3 is 0 Å². The predicted octanol–water partition coefficient (Wildman–Crippen LogP) is 4.55. The van der Waals surface area contributed by atoms with Gasteiger partial charge in [-0.15, -0.1) is 0 Å². The SMILES string of the molecule is CC1(C)C2CCC1(CS(=O)(=O)[O-])C(=O)C2.COc1ccc([S+]2CCCC2)c2ccccc12. The van der Waals surface area contributed by atoms with Gasteiger partial charge in [-0.1, -0.05) is 32.0 Å². The Bertz CT molecular complexity index is 1120. The summed E-state index contributed by atoms with van der Waals surface area (Å²) in [6.45, 7) is 3.83. The molecule has 2 unspecified atom stereocenters. The van der Waals surface area contributed by atoms with Crippen molar-refractivity contribution in [1.82, 2.24) is 0 Å². The standard InChI is InChI=1S/C15H17OS.C10H16O4S/c1-16-14-8-9-15(17-10-4-5-11-17)13-7-3-2-6-12(13)14;1-9(2)7-3-4-10(9,8(11)5-7)6-15(12,13)14/h2-3,6-9H,4-5,10-11H2,1H3;7H,3-6H2,1-2H3,(H,12,13,14)/q+1;/p-1. The van der Waals surface area contributed by atoms with Crippen molar-refractivity contribution in [3.63, 3.8) is 0 Å². The Morgan fingerprint density at radius 3 is 2.28 bits per heavy atom. The average molecular weight is 477 g/mol. The van der Waals surface area contributed by atoms with E-state index in [0.717, 1.165) is 12.2 Å². The number of rotatable bonds is 4. The van der Waals surface area contributed by atoms with Crippen LogP contribution in [0, 0.1) is 16.7 Å². The van der Waals surface area contributed by atoms with E-state index in [1.807, 2.05) is 13.8 Å². The van der Waals surface area contributed by atoms with Crippen LogP contribution in [-0.2, 0) is 25.8 Å². The molecule has 2 aromatic carbocycles. The predicted molar refractivity (Wildman–Crippen MR) is 128 cm³/mol. The number of ether oxygens (including phenoxy) is 1. The zero-order chi connectivity index (χ0) is 23.1. The van der Waals surface area contributed by atoms with E-state index in [1.54, 1.807) is 12.0 Å². The number of carbonyl (C=O) groups excluding carboxylic acids is 1. The Balaban J connectivity index is 0.000000155. The summed E-state index contributed by atoms with van der Waals surface area (Å²) in [5.41, 5.74) is -1.22. The molecule has 0 spiro atoms. The fourth-order valence-electron chi connectivity index (χ4n) is 5.96. The maximum absolute atomic E-state index is 11.8. The molecule has 5 nitrogen and oxygen atoms in total. The molecule has 2 atom stereocenters. The lowest BCUT2D eigenvalue weighted by molar-refractivity contribution is -0.128. The third kappa shape index (κ3) is 4.08. The van der Waals surface area contributed by atoms with Gasteiger partial charge < -0.3 is 9.29 Å². The first kappa shape index (κ1) is 23.6. The monoisotopic (exact) mass is 476 g/mol. The van der Waals surface area contributed by atoms with Gasteiger partial charge in [-0.2, -0.15) is 0 Å². The van der Waals surface area contributed by atoms with Gasteiger partial charge in [-0.05, 0) is 55.2 Å². The Morgan fingerprint density at radius 2 is 1.75 bits per heavy atom. The van der Waals surface area contributed by atoms with E-state index < -0.39 is 21.3 Å². The number of benzene rings is 2. The molecule has 2 aromatic rings. The van der Waals surface area contributed by atoms with E-state index >= 15 is 0 Å². The Hall–Kier alpha value is -1.57. The lowest BCUT2D eigenvalue weighted by Crippen LogP contribution is -2.42. The number of hydrogen-bond acceptors (Lipinski definition) is 5. The quantitative estimate of drug-likeness (QED) is 0.478. The first-order chi connectivity index (χ1) is 15.1. The minimum Gasteiger partial charge on any atom is -0.748 e. The highest BCUT2D eigenvalue weighted by Gasteiger charge is 2.64. The summed E-state index contributed by atoms with van der Waals surface area (Å²) < 4.78 is 38.1. The fourth-order valence-corrected chi connectivity index (χ4v) is 9.74. The van der Waals surface area contributed by atoms with Crippen molar-refractivity contribution in [1.29, 1.82) is 0 Å². The topological polar surface area (TPSA) is 83.5 Å². The molecular weight excluding hydrogens is 444 g/mol. The largest absolute Gasteiger partial charge is 0.748 e. The lowest BCUT2D eigenvalue weighted by Gasteiger charge is -2.37. The van der Waals surface area contributed by atoms with E-state index in [0.29, 0.717) is 23.7 Å². The molecule has 3 fully saturated rings. The number of Topliss-reactive ketones (excluding diaryl/α,β-unsaturated/α-hetero) is 1. The van der Waals surface area contributed by atoms with Crippen LogP contribution in [-0.4, -0.2) is 43.1 Å². The van der Waals surface area contributed by atoms with Crippen LogP contribution in [0.4, 0.5) is 0 Å². The summed E-state index contributed by atoms with van der Waals surface area (Å²) in [5.74, 6) is 3.46. The summed E-state index contributed by atoms with van der Waals surface area (Å²) in [7, 11) is -2.11. The molecule has 1 heterocycles. The maximum Gasteiger partial charge on any atom is 0.162 e. The van der Waals surface area contributed by atoms with Crippen molar-refractivity contribution >= 4 is 37.6 Å². The first-order valence-electron chi connectivity index (χ1n) is 11.3. The van der Waals surface area contributed by atoms with Gasteiger partial charge in [0, 0.05) is 33.5 Å². The second-order valence-electron chi connectivity index (χ2n) is 9.79. The molecule has 0 amide bonds. The Kier molecular flexibility index (Phi) is 6.38. The van der Waals surface area contributed by atoms with Crippen LogP contribution in [0.15, 0.2) is 41.3 Å². The minimum absolute atomic E-state index is 0.0248. The molecule has 3 aliphatic rings. The molecule has 2 saturated carbocycles. The molecule has 7 heteroatoms. The molecule has 0 aromatic heterocycles.